The zero-order valence-corrected chi connectivity index (χ0v) is 12.3. The molecule has 2 heterocycles. The van der Waals surface area contributed by atoms with Crippen molar-refractivity contribution in [2.45, 2.75) is 31.7 Å². The minimum Gasteiger partial charge on any atom is -0.481 e. The Bertz CT molecular complexity index is 472. The summed E-state index contributed by atoms with van der Waals surface area (Å²) in [6.45, 7) is 3.73. The SMILES string of the molecule is O=C(O)C1CCCCC1N1CCN(c2ccccn2)CC1. The molecule has 1 saturated heterocycles. The molecule has 21 heavy (non-hydrogen) atoms. The zero-order valence-electron chi connectivity index (χ0n) is 12.3. The van der Waals surface area contributed by atoms with E-state index < -0.39 is 5.97 Å². The summed E-state index contributed by atoms with van der Waals surface area (Å²) >= 11 is 0. The monoisotopic (exact) mass is 289 g/mol. The maximum absolute atomic E-state index is 11.4. The molecular formula is C16H23N3O2. The van der Waals surface area contributed by atoms with Crippen molar-refractivity contribution in [1.29, 1.82) is 0 Å². The normalized spacial score (nSPS) is 27.5. The molecule has 114 valence electrons. The molecule has 2 aliphatic rings. The Morgan fingerprint density at radius 2 is 1.90 bits per heavy atom. The lowest BCUT2D eigenvalue weighted by molar-refractivity contribution is -0.145. The van der Waals surface area contributed by atoms with Crippen molar-refractivity contribution >= 4 is 11.8 Å². The average molecular weight is 289 g/mol. The maximum Gasteiger partial charge on any atom is 0.308 e. The summed E-state index contributed by atoms with van der Waals surface area (Å²) in [6.07, 6.45) is 5.90. The third kappa shape index (κ3) is 3.18. The van der Waals surface area contributed by atoms with Crippen LogP contribution in [0.4, 0.5) is 5.82 Å². The highest BCUT2D eigenvalue weighted by Gasteiger charge is 2.36. The maximum atomic E-state index is 11.4. The lowest BCUT2D eigenvalue weighted by atomic mass is 9.83. The summed E-state index contributed by atoms with van der Waals surface area (Å²) in [4.78, 5) is 20.5. The fraction of sp³-hybridized carbons (Fsp3) is 0.625. The lowest BCUT2D eigenvalue weighted by Gasteiger charge is -2.43. The highest BCUT2D eigenvalue weighted by atomic mass is 16.4. The molecule has 1 aliphatic carbocycles. The van der Waals surface area contributed by atoms with Crippen LogP contribution in [0.5, 0.6) is 0 Å². The average Bonchev–Trinajstić information content (AvgIpc) is 2.56. The molecule has 2 atom stereocenters. The predicted molar refractivity (Wildman–Crippen MR) is 81.4 cm³/mol. The van der Waals surface area contributed by atoms with E-state index >= 15 is 0 Å². The van der Waals surface area contributed by atoms with E-state index in [2.05, 4.69) is 14.8 Å². The number of hydrogen-bond acceptors (Lipinski definition) is 4. The number of anilines is 1. The molecular weight excluding hydrogens is 266 g/mol. The van der Waals surface area contributed by atoms with Gasteiger partial charge in [-0.2, -0.15) is 0 Å². The van der Waals surface area contributed by atoms with Gasteiger partial charge in [0.1, 0.15) is 5.82 Å². The van der Waals surface area contributed by atoms with E-state index in [1.165, 1.54) is 0 Å². The van der Waals surface area contributed by atoms with Crippen LogP contribution in [-0.2, 0) is 4.79 Å². The van der Waals surface area contributed by atoms with E-state index in [-0.39, 0.29) is 12.0 Å². The molecule has 3 rings (SSSR count). The van der Waals surface area contributed by atoms with E-state index in [1.807, 2.05) is 24.4 Å². The Morgan fingerprint density at radius 1 is 1.14 bits per heavy atom. The molecule has 0 amide bonds. The molecule has 1 aromatic rings. The molecule has 1 aromatic heterocycles. The van der Waals surface area contributed by atoms with Gasteiger partial charge in [0.15, 0.2) is 0 Å². The first-order valence-corrected chi connectivity index (χ1v) is 7.88. The highest BCUT2D eigenvalue weighted by molar-refractivity contribution is 5.71. The van der Waals surface area contributed by atoms with Gasteiger partial charge < -0.3 is 10.0 Å². The standard InChI is InChI=1S/C16H23N3O2/c20-16(21)13-5-1-2-6-14(13)18-9-11-19(12-10-18)15-7-3-4-8-17-15/h3-4,7-8,13-14H,1-2,5-6,9-12H2,(H,20,21). The summed E-state index contributed by atoms with van der Waals surface area (Å²) < 4.78 is 0. The van der Waals surface area contributed by atoms with Crippen molar-refractivity contribution < 1.29 is 9.90 Å². The summed E-state index contributed by atoms with van der Waals surface area (Å²) in [5.74, 6) is 0.225. The number of aromatic nitrogens is 1. The fourth-order valence-electron chi connectivity index (χ4n) is 3.66. The minimum atomic E-state index is -0.619. The number of piperazine rings is 1. The van der Waals surface area contributed by atoms with Crippen molar-refractivity contribution in [2.24, 2.45) is 5.92 Å². The molecule has 0 aromatic carbocycles. The minimum absolute atomic E-state index is 0.180. The van der Waals surface area contributed by atoms with Crippen molar-refractivity contribution in [3.8, 4) is 0 Å². The third-order valence-electron chi connectivity index (χ3n) is 4.80. The van der Waals surface area contributed by atoms with Crippen LogP contribution < -0.4 is 4.90 Å². The second-order valence-corrected chi connectivity index (χ2v) is 6.01. The van der Waals surface area contributed by atoms with Crippen molar-refractivity contribution in [3.05, 3.63) is 24.4 Å². The summed E-state index contributed by atoms with van der Waals surface area (Å²) in [5.41, 5.74) is 0. The Balaban J connectivity index is 1.61. The van der Waals surface area contributed by atoms with Gasteiger partial charge in [-0.3, -0.25) is 9.69 Å². The topological polar surface area (TPSA) is 56.7 Å². The quantitative estimate of drug-likeness (QED) is 0.920. The van der Waals surface area contributed by atoms with Gasteiger partial charge in [0.05, 0.1) is 5.92 Å². The zero-order chi connectivity index (χ0) is 14.7. The van der Waals surface area contributed by atoms with Crippen LogP contribution in [0.25, 0.3) is 0 Å². The van der Waals surface area contributed by atoms with E-state index in [0.29, 0.717) is 0 Å². The molecule has 1 N–H and O–H groups in total. The molecule has 0 spiro atoms. The molecule has 2 unspecified atom stereocenters. The number of hydrogen-bond donors (Lipinski definition) is 1. The van der Waals surface area contributed by atoms with Crippen LogP contribution >= 0.6 is 0 Å². The number of nitrogens with zero attached hydrogens (tertiary/aromatic N) is 3. The van der Waals surface area contributed by atoms with E-state index in [4.69, 9.17) is 0 Å². The second-order valence-electron chi connectivity index (χ2n) is 6.01. The predicted octanol–water partition coefficient (Wildman–Crippen LogP) is 1.85. The fourth-order valence-corrected chi connectivity index (χ4v) is 3.66. The van der Waals surface area contributed by atoms with Crippen LogP contribution in [0, 0.1) is 5.92 Å². The lowest BCUT2D eigenvalue weighted by Crippen LogP contribution is -2.54. The van der Waals surface area contributed by atoms with Gasteiger partial charge in [0.2, 0.25) is 0 Å². The van der Waals surface area contributed by atoms with Gasteiger partial charge in [-0.05, 0) is 25.0 Å². The summed E-state index contributed by atoms with van der Waals surface area (Å²) in [7, 11) is 0. The third-order valence-corrected chi connectivity index (χ3v) is 4.80. The smallest absolute Gasteiger partial charge is 0.308 e. The van der Waals surface area contributed by atoms with Crippen LogP contribution in [-0.4, -0.2) is 53.2 Å². The Labute approximate surface area is 125 Å². The van der Waals surface area contributed by atoms with Gasteiger partial charge >= 0.3 is 5.97 Å². The van der Waals surface area contributed by atoms with Gasteiger partial charge in [-0.15, -0.1) is 0 Å². The number of carboxylic acid groups (broad SMARTS) is 1. The number of pyridine rings is 1. The first-order valence-electron chi connectivity index (χ1n) is 7.88. The summed E-state index contributed by atoms with van der Waals surface area (Å²) in [5, 5.41) is 9.42. The van der Waals surface area contributed by atoms with E-state index in [0.717, 1.165) is 57.7 Å². The Kier molecular flexibility index (Phi) is 4.39. The Hall–Kier alpha value is -1.62. The van der Waals surface area contributed by atoms with Gasteiger partial charge in [0, 0.05) is 38.4 Å². The van der Waals surface area contributed by atoms with Gasteiger partial charge in [0.25, 0.3) is 0 Å². The molecule has 5 nitrogen and oxygen atoms in total. The molecule has 0 radical (unpaired) electrons. The molecule has 5 heteroatoms. The first-order chi connectivity index (χ1) is 10.3. The van der Waals surface area contributed by atoms with Crippen LogP contribution in [0.15, 0.2) is 24.4 Å². The van der Waals surface area contributed by atoms with Crippen molar-refractivity contribution in [1.82, 2.24) is 9.88 Å². The second kappa shape index (κ2) is 6.43. The molecule has 1 saturated carbocycles. The number of aliphatic carboxylic acids is 1. The highest BCUT2D eigenvalue weighted by Crippen LogP contribution is 2.29. The number of rotatable bonds is 3. The number of carboxylic acids is 1. The van der Waals surface area contributed by atoms with Gasteiger partial charge in [-0.1, -0.05) is 18.9 Å². The van der Waals surface area contributed by atoms with E-state index in [9.17, 15) is 9.90 Å². The first kappa shape index (κ1) is 14.3. The summed E-state index contributed by atoms with van der Waals surface area (Å²) in [6, 6.07) is 6.20. The van der Waals surface area contributed by atoms with Crippen molar-refractivity contribution in [3.63, 3.8) is 0 Å². The molecule has 0 bridgehead atoms. The number of carbonyl (C=O) groups is 1. The van der Waals surface area contributed by atoms with Gasteiger partial charge in [-0.25, -0.2) is 4.98 Å². The van der Waals surface area contributed by atoms with Crippen molar-refractivity contribution in [2.75, 3.05) is 31.1 Å². The van der Waals surface area contributed by atoms with E-state index in [1.54, 1.807) is 0 Å². The largest absolute Gasteiger partial charge is 0.481 e. The van der Waals surface area contributed by atoms with Crippen LogP contribution in [0.1, 0.15) is 25.7 Å². The molecule has 2 fully saturated rings. The Morgan fingerprint density at radius 3 is 2.57 bits per heavy atom. The molecule has 1 aliphatic heterocycles. The van der Waals surface area contributed by atoms with Crippen LogP contribution in [0.2, 0.25) is 0 Å². The van der Waals surface area contributed by atoms with Crippen LogP contribution in [0.3, 0.4) is 0 Å².